The number of amides is 1. The largest absolute Gasteiger partial charge is 0.494 e. The number of nitrogens with zero attached hydrogens (tertiary/aromatic N) is 1. The predicted octanol–water partition coefficient (Wildman–Crippen LogP) is 2.17. The lowest BCUT2D eigenvalue weighted by atomic mass is 10.1. The van der Waals surface area contributed by atoms with Crippen molar-refractivity contribution in [2.24, 2.45) is 0 Å². The maximum Gasteiger partial charge on any atom is 0.257 e. The lowest BCUT2D eigenvalue weighted by Gasteiger charge is -2.32. The van der Waals surface area contributed by atoms with E-state index in [1.165, 1.54) is 36.3 Å². The van der Waals surface area contributed by atoms with Gasteiger partial charge < -0.3 is 14.5 Å². The van der Waals surface area contributed by atoms with Crippen LogP contribution in [0.1, 0.15) is 15.9 Å². The van der Waals surface area contributed by atoms with Crippen molar-refractivity contribution in [3.63, 3.8) is 0 Å². The molecule has 1 heterocycles. The van der Waals surface area contributed by atoms with Crippen molar-refractivity contribution in [1.82, 2.24) is 4.90 Å². The summed E-state index contributed by atoms with van der Waals surface area (Å²) < 4.78 is 32.6. The van der Waals surface area contributed by atoms with E-state index in [4.69, 9.17) is 16.3 Å². The summed E-state index contributed by atoms with van der Waals surface area (Å²) in [5.41, 5.74) is 0.872. The van der Waals surface area contributed by atoms with Crippen molar-refractivity contribution >= 4 is 17.5 Å². The fraction of sp³-hybridized carbons (Fsp3) is 0.316. The second kappa shape index (κ2) is 8.01. The van der Waals surface area contributed by atoms with E-state index >= 15 is 0 Å². The molecule has 1 N–H and O–H groups in total. The number of piperazine rings is 1. The summed E-state index contributed by atoms with van der Waals surface area (Å²) in [6, 6.07) is 8.92. The Labute approximate surface area is 155 Å². The van der Waals surface area contributed by atoms with Crippen LogP contribution in [0.15, 0.2) is 36.4 Å². The van der Waals surface area contributed by atoms with Crippen molar-refractivity contribution in [1.29, 1.82) is 0 Å². The summed E-state index contributed by atoms with van der Waals surface area (Å²) in [6.45, 7) is 3.11. The SMILES string of the molecule is COc1ccc(C[NH+]2CCN(C(=O)c3cc(Cl)ccc3F)CC2)cc1F. The number of ether oxygens (including phenoxy) is 1. The molecule has 7 heteroatoms. The Kier molecular flexibility index (Phi) is 5.74. The van der Waals surface area contributed by atoms with Crippen LogP contribution in [-0.2, 0) is 6.54 Å². The molecule has 138 valence electrons. The van der Waals surface area contributed by atoms with Gasteiger partial charge >= 0.3 is 0 Å². The molecule has 0 aliphatic carbocycles. The Morgan fingerprint density at radius 1 is 1.15 bits per heavy atom. The summed E-state index contributed by atoms with van der Waals surface area (Å²) in [7, 11) is 1.43. The lowest BCUT2D eigenvalue weighted by Crippen LogP contribution is -3.13. The quantitative estimate of drug-likeness (QED) is 0.880. The molecule has 1 fully saturated rings. The molecule has 0 aromatic heterocycles. The molecule has 0 saturated carbocycles. The highest BCUT2D eigenvalue weighted by Gasteiger charge is 2.26. The molecular formula is C19H20ClF2N2O2+. The second-order valence-electron chi connectivity index (χ2n) is 6.31. The highest BCUT2D eigenvalue weighted by Crippen LogP contribution is 2.18. The van der Waals surface area contributed by atoms with Crippen LogP contribution in [0.25, 0.3) is 0 Å². The first-order chi connectivity index (χ1) is 12.5. The van der Waals surface area contributed by atoms with Gasteiger partial charge in [-0.05, 0) is 36.4 Å². The van der Waals surface area contributed by atoms with Crippen molar-refractivity contribution in [2.75, 3.05) is 33.3 Å². The van der Waals surface area contributed by atoms with Crippen LogP contribution in [-0.4, -0.2) is 44.1 Å². The third-order valence-electron chi connectivity index (χ3n) is 4.59. The number of rotatable bonds is 4. The molecular weight excluding hydrogens is 362 g/mol. The summed E-state index contributed by atoms with van der Waals surface area (Å²) >= 11 is 5.87. The fourth-order valence-corrected chi connectivity index (χ4v) is 3.32. The van der Waals surface area contributed by atoms with Crippen LogP contribution < -0.4 is 9.64 Å². The first-order valence-electron chi connectivity index (χ1n) is 8.38. The lowest BCUT2D eigenvalue weighted by molar-refractivity contribution is -0.917. The molecule has 2 aromatic rings. The predicted molar refractivity (Wildman–Crippen MR) is 94.7 cm³/mol. The van der Waals surface area contributed by atoms with E-state index in [1.54, 1.807) is 11.0 Å². The number of halogens is 3. The van der Waals surface area contributed by atoms with Gasteiger partial charge in [0, 0.05) is 10.6 Å². The first-order valence-corrected chi connectivity index (χ1v) is 8.76. The minimum Gasteiger partial charge on any atom is -0.494 e. The molecule has 1 amide bonds. The molecule has 1 saturated heterocycles. The van der Waals surface area contributed by atoms with E-state index in [0.29, 0.717) is 37.7 Å². The molecule has 0 atom stereocenters. The summed E-state index contributed by atoms with van der Waals surface area (Å²) in [5.74, 6) is -1.07. The standard InChI is InChI=1S/C19H19ClF2N2O2/c1-26-18-5-2-13(10-17(18)22)12-23-6-8-24(9-7-23)19(25)15-11-14(20)3-4-16(15)21/h2-5,10-11H,6-9,12H2,1H3/p+1. The van der Waals surface area contributed by atoms with Gasteiger partial charge in [0.25, 0.3) is 5.91 Å². The zero-order valence-corrected chi connectivity index (χ0v) is 15.2. The van der Waals surface area contributed by atoms with Gasteiger partial charge in [-0.3, -0.25) is 4.79 Å². The summed E-state index contributed by atoms with van der Waals surface area (Å²) in [4.78, 5) is 15.4. The maximum absolute atomic E-state index is 13.9. The molecule has 0 spiro atoms. The van der Waals surface area contributed by atoms with Crippen molar-refractivity contribution in [3.05, 3.63) is 64.2 Å². The van der Waals surface area contributed by atoms with Gasteiger partial charge in [-0.15, -0.1) is 0 Å². The number of hydrogen-bond acceptors (Lipinski definition) is 2. The summed E-state index contributed by atoms with van der Waals surface area (Å²) in [6.07, 6.45) is 0. The highest BCUT2D eigenvalue weighted by molar-refractivity contribution is 6.31. The molecule has 2 aromatic carbocycles. The van der Waals surface area contributed by atoms with Gasteiger partial charge in [0.2, 0.25) is 0 Å². The van der Waals surface area contributed by atoms with Gasteiger partial charge in [0.15, 0.2) is 11.6 Å². The molecule has 3 rings (SSSR count). The smallest absolute Gasteiger partial charge is 0.257 e. The first kappa shape index (κ1) is 18.6. The Bertz CT molecular complexity index is 808. The van der Waals surface area contributed by atoms with Crippen molar-refractivity contribution in [2.45, 2.75) is 6.54 Å². The molecule has 0 bridgehead atoms. The number of quaternary nitrogens is 1. The van der Waals surface area contributed by atoms with Gasteiger partial charge in [0.1, 0.15) is 12.4 Å². The van der Waals surface area contributed by atoms with E-state index in [-0.39, 0.29) is 23.0 Å². The zero-order valence-electron chi connectivity index (χ0n) is 14.4. The summed E-state index contributed by atoms with van der Waals surface area (Å²) in [5, 5.41) is 0.334. The van der Waals surface area contributed by atoms with E-state index in [9.17, 15) is 13.6 Å². The highest BCUT2D eigenvalue weighted by atomic mass is 35.5. The average Bonchev–Trinajstić information content (AvgIpc) is 2.64. The van der Waals surface area contributed by atoms with E-state index < -0.39 is 5.82 Å². The molecule has 0 radical (unpaired) electrons. The number of nitrogens with one attached hydrogen (secondary N) is 1. The van der Waals surface area contributed by atoms with Gasteiger partial charge in [-0.2, -0.15) is 0 Å². The van der Waals surface area contributed by atoms with Crippen LogP contribution in [0.4, 0.5) is 8.78 Å². The van der Waals surface area contributed by atoms with Crippen molar-refractivity contribution < 1.29 is 23.2 Å². The average molecular weight is 382 g/mol. The maximum atomic E-state index is 13.9. The number of methoxy groups -OCH3 is 1. The van der Waals surface area contributed by atoms with E-state index in [2.05, 4.69) is 0 Å². The third kappa shape index (κ3) is 4.14. The van der Waals surface area contributed by atoms with Gasteiger partial charge in [-0.25, -0.2) is 8.78 Å². The topological polar surface area (TPSA) is 34.0 Å². The second-order valence-corrected chi connectivity index (χ2v) is 6.75. The van der Waals surface area contributed by atoms with Gasteiger partial charge in [-0.1, -0.05) is 11.6 Å². The molecule has 1 aliphatic rings. The minimum atomic E-state index is -0.567. The monoisotopic (exact) mass is 381 g/mol. The number of carbonyl (C=O) groups excluding carboxylic acids is 1. The van der Waals surface area contributed by atoms with Crippen LogP contribution in [0, 0.1) is 11.6 Å². The molecule has 1 aliphatic heterocycles. The molecule has 4 nitrogen and oxygen atoms in total. The van der Waals surface area contributed by atoms with E-state index in [1.807, 2.05) is 6.07 Å². The number of carbonyl (C=O) groups is 1. The number of hydrogen-bond donors (Lipinski definition) is 1. The van der Waals surface area contributed by atoms with E-state index in [0.717, 1.165) is 5.56 Å². The molecule has 26 heavy (non-hydrogen) atoms. The molecule has 0 unspecified atom stereocenters. The normalized spacial score (nSPS) is 15.2. The Balaban J connectivity index is 1.59. The Morgan fingerprint density at radius 2 is 1.88 bits per heavy atom. The van der Waals surface area contributed by atoms with Gasteiger partial charge in [0.05, 0.1) is 38.9 Å². The van der Waals surface area contributed by atoms with Crippen LogP contribution >= 0.6 is 11.6 Å². The third-order valence-corrected chi connectivity index (χ3v) is 4.82. The Morgan fingerprint density at radius 3 is 2.54 bits per heavy atom. The van der Waals surface area contributed by atoms with Crippen LogP contribution in [0.2, 0.25) is 5.02 Å². The Hall–Kier alpha value is -2.18. The number of benzene rings is 2. The fourth-order valence-electron chi connectivity index (χ4n) is 3.14. The minimum absolute atomic E-state index is 0.00169. The zero-order chi connectivity index (χ0) is 18.7. The van der Waals surface area contributed by atoms with Crippen LogP contribution in [0.3, 0.4) is 0 Å². The van der Waals surface area contributed by atoms with Crippen LogP contribution in [0.5, 0.6) is 5.75 Å². The van der Waals surface area contributed by atoms with Crippen molar-refractivity contribution in [3.8, 4) is 5.75 Å².